The van der Waals surface area contributed by atoms with Crippen LogP contribution in [0.1, 0.15) is 0 Å². The molecule has 0 aliphatic rings. The SMILES string of the molecule is N.N.N.[Al+3]. The Balaban J connectivity index is 0. The molecule has 0 heterocycles. The summed E-state index contributed by atoms with van der Waals surface area (Å²) in [6.07, 6.45) is 0. The van der Waals surface area contributed by atoms with Crippen LogP contribution in [-0.2, 0) is 0 Å². The second-order valence-electron chi connectivity index (χ2n) is 0. The zero-order chi connectivity index (χ0) is 0. The molecule has 0 saturated carbocycles. The topological polar surface area (TPSA) is 105 Å². The van der Waals surface area contributed by atoms with Crippen molar-refractivity contribution >= 4 is 17.4 Å². The van der Waals surface area contributed by atoms with Crippen LogP contribution in [0.3, 0.4) is 0 Å². The molecule has 0 spiro atoms. The Hall–Kier alpha value is 0.412. The van der Waals surface area contributed by atoms with Crippen LogP contribution in [-0.4, -0.2) is 17.4 Å². The Morgan fingerprint density at radius 2 is 0.500 bits per heavy atom. The molecule has 4 heteroatoms. The third-order valence-electron chi connectivity index (χ3n) is 0. The molecule has 0 aliphatic carbocycles. The molecule has 0 atom stereocenters. The Morgan fingerprint density at radius 3 is 0.500 bits per heavy atom. The van der Waals surface area contributed by atoms with Gasteiger partial charge in [0.05, 0.1) is 0 Å². The van der Waals surface area contributed by atoms with Crippen molar-refractivity contribution in [3.63, 3.8) is 0 Å². The smallest absolute Gasteiger partial charge is 0.344 e. The molecule has 9 N–H and O–H groups in total. The summed E-state index contributed by atoms with van der Waals surface area (Å²) < 4.78 is 0. The first kappa shape index (κ1) is 302. The predicted octanol–water partition coefficient (Wildman–Crippen LogP) is 0.105. The third kappa shape index (κ3) is 28.3. The molecule has 0 fully saturated rings. The normalized spacial score (nSPS) is 0. The van der Waals surface area contributed by atoms with Gasteiger partial charge in [0.25, 0.3) is 0 Å². The summed E-state index contributed by atoms with van der Waals surface area (Å²) in [6.45, 7) is 0. The molecule has 0 aromatic carbocycles. The van der Waals surface area contributed by atoms with E-state index >= 15 is 0 Å². The van der Waals surface area contributed by atoms with Crippen molar-refractivity contribution in [3.8, 4) is 0 Å². The van der Waals surface area contributed by atoms with Gasteiger partial charge in [-0.05, 0) is 0 Å². The van der Waals surface area contributed by atoms with Crippen LogP contribution >= 0.6 is 0 Å². The van der Waals surface area contributed by atoms with Crippen LogP contribution in [0.5, 0.6) is 0 Å². The summed E-state index contributed by atoms with van der Waals surface area (Å²) >= 11 is 0. The van der Waals surface area contributed by atoms with E-state index < -0.39 is 0 Å². The van der Waals surface area contributed by atoms with Crippen LogP contribution in [0, 0.1) is 0 Å². The minimum atomic E-state index is 0. The Labute approximate surface area is 36.6 Å². The fourth-order valence-electron chi connectivity index (χ4n) is 0. The van der Waals surface area contributed by atoms with Crippen LogP contribution in [0.25, 0.3) is 0 Å². The fraction of sp³-hybridized carbons (Fsp3) is 0. The molecule has 24 valence electrons. The maximum Gasteiger partial charge on any atom is 3.00 e. The Morgan fingerprint density at radius 1 is 0.500 bits per heavy atom. The molecule has 0 rings (SSSR count). The molecule has 0 aliphatic heterocycles. The van der Waals surface area contributed by atoms with Gasteiger partial charge in [-0.3, -0.25) is 0 Å². The summed E-state index contributed by atoms with van der Waals surface area (Å²) in [5.74, 6) is 0. The molecular formula is H9AlN3+3. The molecule has 0 unspecified atom stereocenters. The van der Waals surface area contributed by atoms with E-state index in [9.17, 15) is 0 Å². The third-order valence-corrected chi connectivity index (χ3v) is 0. The van der Waals surface area contributed by atoms with E-state index in [2.05, 4.69) is 0 Å². The summed E-state index contributed by atoms with van der Waals surface area (Å²) in [7, 11) is 0. The van der Waals surface area contributed by atoms with Crippen LogP contribution in [0.4, 0.5) is 0 Å². The van der Waals surface area contributed by atoms with Gasteiger partial charge < -0.3 is 18.5 Å². The minimum Gasteiger partial charge on any atom is -0.344 e. The average Bonchev–Trinajstić information content (AvgIpc) is 0. The first-order valence-electron chi connectivity index (χ1n) is 0. The summed E-state index contributed by atoms with van der Waals surface area (Å²) in [5.41, 5.74) is 0. The van der Waals surface area contributed by atoms with E-state index in [0.717, 1.165) is 0 Å². The summed E-state index contributed by atoms with van der Waals surface area (Å²) in [6, 6.07) is 0. The van der Waals surface area contributed by atoms with Gasteiger partial charge in [0, 0.05) is 0 Å². The zero-order valence-corrected chi connectivity index (χ0v) is 3.85. The van der Waals surface area contributed by atoms with Gasteiger partial charge in [0.1, 0.15) is 0 Å². The van der Waals surface area contributed by atoms with Crippen molar-refractivity contribution in [2.75, 3.05) is 0 Å². The van der Waals surface area contributed by atoms with Crippen molar-refractivity contribution in [1.29, 1.82) is 0 Å². The van der Waals surface area contributed by atoms with E-state index in [1.54, 1.807) is 0 Å². The summed E-state index contributed by atoms with van der Waals surface area (Å²) in [4.78, 5) is 0. The maximum atomic E-state index is 0. The first-order chi connectivity index (χ1) is 0. The van der Waals surface area contributed by atoms with Crippen molar-refractivity contribution in [3.05, 3.63) is 0 Å². The van der Waals surface area contributed by atoms with E-state index in [1.165, 1.54) is 0 Å². The number of hydrogen-bond donors (Lipinski definition) is 3. The number of hydrogen-bond acceptors (Lipinski definition) is 3. The molecule has 3 nitrogen and oxygen atoms in total. The molecule has 0 saturated heterocycles. The summed E-state index contributed by atoms with van der Waals surface area (Å²) in [5, 5.41) is 0. The quantitative estimate of drug-likeness (QED) is 0.358. The predicted molar refractivity (Wildman–Crippen MR) is 20.8 cm³/mol. The standard InChI is InChI=1S/Al.3H3N/h;3*1H3/q+3;;;. The second-order valence-corrected chi connectivity index (χ2v) is 0. The fourth-order valence-corrected chi connectivity index (χ4v) is 0. The monoisotopic (exact) mass is 78.1 g/mol. The van der Waals surface area contributed by atoms with E-state index in [1.807, 2.05) is 0 Å². The zero-order valence-electron chi connectivity index (χ0n) is 2.70. The van der Waals surface area contributed by atoms with Gasteiger partial charge in [0.15, 0.2) is 0 Å². The second kappa shape index (κ2) is 117. The largest absolute Gasteiger partial charge is 3.00 e. The molecule has 0 amide bonds. The molecule has 0 aromatic rings. The number of rotatable bonds is 0. The molecular weight excluding hydrogens is 69.0 g/mol. The minimum absolute atomic E-state index is 0. The van der Waals surface area contributed by atoms with Gasteiger partial charge in [-0.1, -0.05) is 0 Å². The molecule has 4 heavy (non-hydrogen) atoms. The Bertz CT molecular complexity index is 3.25. The van der Waals surface area contributed by atoms with Crippen molar-refractivity contribution in [1.82, 2.24) is 18.5 Å². The van der Waals surface area contributed by atoms with Crippen LogP contribution in [0.15, 0.2) is 0 Å². The van der Waals surface area contributed by atoms with Gasteiger partial charge in [0.2, 0.25) is 0 Å². The molecule has 0 bridgehead atoms. The van der Waals surface area contributed by atoms with Crippen molar-refractivity contribution in [2.24, 2.45) is 0 Å². The van der Waals surface area contributed by atoms with E-state index in [-0.39, 0.29) is 35.8 Å². The van der Waals surface area contributed by atoms with Gasteiger partial charge in [-0.2, -0.15) is 0 Å². The first-order valence-corrected chi connectivity index (χ1v) is 0. The van der Waals surface area contributed by atoms with Gasteiger partial charge in [-0.25, -0.2) is 0 Å². The van der Waals surface area contributed by atoms with Crippen LogP contribution in [0.2, 0.25) is 0 Å². The van der Waals surface area contributed by atoms with Crippen molar-refractivity contribution < 1.29 is 0 Å². The van der Waals surface area contributed by atoms with Crippen molar-refractivity contribution in [2.45, 2.75) is 0 Å². The van der Waals surface area contributed by atoms with E-state index in [0.29, 0.717) is 0 Å². The Kier molecular flexibility index (Phi) is 8810. The molecule has 0 radical (unpaired) electrons. The maximum absolute atomic E-state index is 0. The molecule has 0 aromatic heterocycles. The average molecular weight is 78.1 g/mol. The van der Waals surface area contributed by atoms with Crippen LogP contribution < -0.4 is 18.5 Å². The van der Waals surface area contributed by atoms with E-state index in [4.69, 9.17) is 0 Å². The van der Waals surface area contributed by atoms with Gasteiger partial charge >= 0.3 is 17.4 Å². The van der Waals surface area contributed by atoms with Gasteiger partial charge in [-0.15, -0.1) is 0 Å².